The number of nitrogens with one attached hydrogen (secondary N) is 1. The first-order chi connectivity index (χ1) is 8.65. The number of ether oxygens (including phenoxy) is 1. The maximum atomic E-state index is 11.5. The second-order valence-corrected chi connectivity index (χ2v) is 4.56. The first-order valence-electron chi connectivity index (χ1n) is 5.99. The number of benzene rings is 1. The van der Waals surface area contributed by atoms with E-state index in [2.05, 4.69) is 5.32 Å². The van der Waals surface area contributed by atoms with Gasteiger partial charge in [0.05, 0.1) is 19.3 Å². The second kappa shape index (κ2) is 5.69. The maximum absolute atomic E-state index is 11.5. The van der Waals surface area contributed by atoms with Gasteiger partial charge in [-0.1, -0.05) is 12.1 Å². The van der Waals surface area contributed by atoms with Gasteiger partial charge < -0.3 is 15.0 Å². The standard InChI is InChI=1S/C14H18N2O2/c1-16(2)13-6-3-11(4-7-13)5-8-14(17)15-12-9-18-10-12/h3-8,12H,9-10H2,1-2H3,(H,15,17). The van der Waals surface area contributed by atoms with Crippen molar-refractivity contribution in [1.29, 1.82) is 0 Å². The summed E-state index contributed by atoms with van der Waals surface area (Å²) >= 11 is 0. The molecule has 1 fully saturated rings. The number of hydrogen-bond donors (Lipinski definition) is 1. The van der Waals surface area contributed by atoms with Crippen LogP contribution in [-0.4, -0.2) is 39.3 Å². The van der Waals surface area contributed by atoms with Crippen LogP contribution in [0.15, 0.2) is 30.3 Å². The summed E-state index contributed by atoms with van der Waals surface area (Å²) in [7, 11) is 4.00. The van der Waals surface area contributed by atoms with Gasteiger partial charge in [-0.05, 0) is 23.8 Å². The Morgan fingerprint density at radius 1 is 1.33 bits per heavy atom. The number of carbonyl (C=O) groups is 1. The molecule has 0 spiro atoms. The van der Waals surface area contributed by atoms with Gasteiger partial charge in [-0.25, -0.2) is 0 Å². The van der Waals surface area contributed by atoms with Crippen molar-refractivity contribution in [2.24, 2.45) is 0 Å². The molecule has 4 nitrogen and oxygen atoms in total. The van der Waals surface area contributed by atoms with Gasteiger partial charge in [0.15, 0.2) is 0 Å². The third kappa shape index (κ3) is 3.34. The van der Waals surface area contributed by atoms with E-state index in [1.165, 1.54) is 0 Å². The molecule has 0 atom stereocenters. The highest BCUT2D eigenvalue weighted by molar-refractivity contribution is 5.92. The Hall–Kier alpha value is -1.81. The Morgan fingerprint density at radius 3 is 2.50 bits per heavy atom. The molecule has 18 heavy (non-hydrogen) atoms. The van der Waals surface area contributed by atoms with Gasteiger partial charge in [-0.3, -0.25) is 4.79 Å². The predicted octanol–water partition coefficient (Wildman–Crippen LogP) is 1.28. The smallest absolute Gasteiger partial charge is 0.244 e. The largest absolute Gasteiger partial charge is 0.378 e. The lowest BCUT2D eigenvalue weighted by molar-refractivity contribution is -0.120. The van der Waals surface area contributed by atoms with E-state index in [-0.39, 0.29) is 11.9 Å². The average Bonchev–Trinajstić information content (AvgIpc) is 2.32. The molecular weight excluding hydrogens is 228 g/mol. The molecule has 1 amide bonds. The fourth-order valence-electron chi connectivity index (χ4n) is 1.62. The van der Waals surface area contributed by atoms with Crippen molar-refractivity contribution >= 4 is 17.7 Å². The zero-order valence-corrected chi connectivity index (χ0v) is 10.7. The number of anilines is 1. The molecule has 0 aliphatic carbocycles. The van der Waals surface area contributed by atoms with Crippen molar-refractivity contribution in [3.63, 3.8) is 0 Å². The van der Waals surface area contributed by atoms with Gasteiger partial charge in [-0.2, -0.15) is 0 Å². The average molecular weight is 246 g/mol. The van der Waals surface area contributed by atoms with E-state index in [1.807, 2.05) is 49.3 Å². The van der Waals surface area contributed by atoms with E-state index in [9.17, 15) is 4.79 Å². The molecule has 1 saturated heterocycles. The third-order valence-electron chi connectivity index (χ3n) is 2.82. The lowest BCUT2D eigenvalue weighted by atomic mass is 10.2. The zero-order valence-electron chi connectivity index (χ0n) is 10.7. The molecular formula is C14H18N2O2. The predicted molar refractivity (Wildman–Crippen MR) is 72.6 cm³/mol. The Balaban J connectivity index is 1.89. The van der Waals surface area contributed by atoms with Crippen molar-refractivity contribution in [3.05, 3.63) is 35.9 Å². The molecule has 1 aliphatic heterocycles. The second-order valence-electron chi connectivity index (χ2n) is 4.56. The van der Waals surface area contributed by atoms with Gasteiger partial charge in [-0.15, -0.1) is 0 Å². The summed E-state index contributed by atoms with van der Waals surface area (Å²) in [6.07, 6.45) is 3.37. The number of nitrogens with zero attached hydrogens (tertiary/aromatic N) is 1. The summed E-state index contributed by atoms with van der Waals surface area (Å²) in [4.78, 5) is 13.6. The number of amides is 1. The third-order valence-corrected chi connectivity index (χ3v) is 2.82. The van der Waals surface area contributed by atoms with Crippen LogP contribution in [-0.2, 0) is 9.53 Å². The van der Waals surface area contributed by atoms with Crippen molar-refractivity contribution in [3.8, 4) is 0 Å². The molecule has 4 heteroatoms. The lowest BCUT2D eigenvalue weighted by Gasteiger charge is -2.26. The lowest BCUT2D eigenvalue weighted by Crippen LogP contribution is -2.48. The van der Waals surface area contributed by atoms with Crippen LogP contribution in [0.1, 0.15) is 5.56 Å². The monoisotopic (exact) mass is 246 g/mol. The van der Waals surface area contributed by atoms with Crippen LogP contribution < -0.4 is 10.2 Å². The van der Waals surface area contributed by atoms with Crippen molar-refractivity contribution in [1.82, 2.24) is 5.32 Å². The molecule has 1 aromatic carbocycles. The number of carbonyl (C=O) groups excluding carboxylic acids is 1. The minimum Gasteiger partial charge on any atom is -0.378 e. The molecule has 1 aromatic rings. The van der Waals surface area contributed by atoms with Gasteiger partial charge in [0, 0.05) is 25.9 Å². The Labute approximate surface area is 107 Å². The highest BCUT2D eigenvalue weighted by atomic mass is 16.5. The maximum Gasteiger partial charge on any atom is 0.244 e. The van der Waals surface area contributed by atoms with Crippen LogP contribution in [0.5, 0.6) is 0 Å². The van der Waals surface area contributed by atoms with Crippen LogP contribution in [0, 0.1) is 0 Å². The zero-order chi connectivity index (χ0) is 13.0. The molecule has 1 aliphatic rings. The molecule has 0 saturated carbocycles. The van der Waals surface area contributed by atoms with E-state index in [0.29, 0.717) is 13.2 Å². The molecule has 0 aromatic heterocycles. The van der Waals surface area contributed by atoms with E-state index < -0.39 is 0 Å². The van der Waals surface area contributed by atoms with Crippen molar-refractivity contribution in [2.45, 2.75) is 6.04 Å². The van der Waals surface area contributed by atoms with E-state index in [0.717, 1.165) is 11.3 Å². The van der Waals surface area contributed by atoms with Crippen LogP contribution in [0.2, 0.25) is 0 Å². The van der Waals surface area contributed by atoms with Crippen molar-refractivity contribution < 1.29 is 9.53 Å². The van der Waals surface area contributed by atoms with Crippen LogP contribution in [0.4, 0.5) is 5.69 Å². The summed E-state index contributed by atoms with van der Waals surface area (Å²) < 4.78 is 4.99. The molecule has 2 rings (SSSR count). The summed E-state index contributed by atoms with van der Waals surface area (Å²) in [5, 5.41) is 2.86. The van der Waals surface area contributed by atoms with Gasteiger partial charge >= 0.3 is 0 Å². The molecule has 96 valence electrons. The van der Waals surface area contributed by atoms with E-state index in [1.54, 1.807) is 6.08 Å². The molecule has 0 radical (unpaired) electrons. The molecule has 1 heterocycles. The van der Waals surface area contributed by atoms with E-state index >= 15 is 0 Å². The molecule has 0 bridgehead atoms. The van der Waals surface area contributed by atoms with Gasteiger partial charge in [0.25, 0.3) is 0 Å². The molecule has 1 N–H and O–H groups in total. The van der Waals surface area contributed by atoms with E-state index in [4.69, 9.17) is 4.74 Å². The van der Waals surface area contributed by atoms with Crippen molar-refractivity contribution in [2.75, 3.05) is 32.2 Å². The summed E-state index contributed by atoms with van der Waals surface area (Å²) in [6, 6.07) is 8.21. The summed E-state index contributed by atoms with van der Waals surface area (Å²) in [6.45, 7) is 1.24. The number of hydrogen-bond acceptors (Lipinski definition) is 3. The fourth-order valence-corrected chi connectivity index (χ4v) is 1.62. The highest BCUT2D eigenvalue weighted by Crippen LogP contribution is 2.13. The highest BCUT2D eigenvalue weighted by Gasteiger charge is 2.18. The summed E-state index contributed by atoms with van der Waals surface area (Å²) in [5.41, 5.74) is 2.16. The Kier molecular flexibility index (Phi) is 3.99. The first-order valence-corrected chi connectivity index (χ1v) is 5.99. The van der Waals surface area contributed by atoms with Gasteiger partial charge in [0.2, 0.25) is 5.91 Å². The van der Waals surface area contributed by atoms with Crippen LogP contribution in [0.3, 0.4) is 0 Å². The van der Waals surface area contributed by atoms with Gasteiger partial charge in [0.1, 0.15) is 0 Å². The normalized spacial score (nSPS) is 15.4. The Bertz CT molecular complexity index is 434. The quantitative estimate of drug-likeness (QED) is 0.814. The Morgan fingerprint density at radius 2 is 2.00 bits per heavy atom. The summed E-state index contributed by atoms with van der Waals surface area (Å²) in [5.74, 6) is -0.0695. The van der Waals surface area contributed by atoms with Crippen LogP contribution in [0.25, 0.3) is 6.08 Å². The minimum atomic E-state index is -0.0695. The fraction of sp³-hybridized carbons (Fsp3) is 0.357. The topological polar surface area (TPSA) is 41.6 Å². The minimum absolute atomic E-state index is 0.0695. The molecule has 0 unspecified atom stereocenters. The van der Waals surface area contributed by atoms with Crippen LogP contribution >= 0.6 is 0 Å². The number of rotatable bonds is 4. The SMILES string of the molecule is CN(C)c1ccc(C=CC(=O)NC2COC2)cc1. The first kappa shape index (κ1) is 12.6.